The van der Waals surface area contributed by atoms with Gasteiger partial charge in [0, 0.05) is 30.6 Å². The predicted octanol–water partition coefficient (Wildman–Crippen LogP) is 2.94. The van der Waals surface area contributed by atoms with E-state index in [-0.39, 0.29) is 23.9 Å². The van der Waals surface area contributed by atoms with E-state index in [1.54, 1.807) is 30.3 Å². The van der Waals surface area contributed by atoms with Gasteiger partial charge in [-0.25, -0.2) is 4.98 Å². The molecule has 0 aliphatic heterocycles. The second kappa shape index (κ2) is 9.18. The van der Waals surface area contributed by atoms with Crippen LogP contribution in [0.3, 0.4) is 0 Å². The summed E-state index contributed by atoms with van der Waals surface area (Å²) in [4.78, 5) is 17.2. The van der Waals surface area contributed by atoms with Crippen LogP contribution in [0.1, 0.15) is 35.2 Å². The van der Waals surface area contributed by atoms with Gasteiger partial charge in [-0.05, 0) is 43.0 Å². The maximum Gasteiger partial charge on any atom is 0.255 e. The molecule has 1 aromatic carbocycles. The van der Waals surface area contributed by atoms with Gasteiger partial charge in [0.25, 0.3) is 5.91 Å². The lowest BCUT2D eigenvalue weighted by molar-refractivity contribution is 0.0272. The Labute approximate surface area is 181 Å². The number of methoxy groups -OCH3 is 1. The van der Waals surface area contributed by atoms with Gasteiger partial charge in [-0.3, -0.25) is 9.48 Å². The number of amides is 1. The average Bonchev–Trinajstić information content (AvgIpc) is 3.41. The van der Waals surface area contributed by atoms with E-state index in [1.807, 2.05) is 37.5 Å². The number of nitrogens with two attached hydrogens (primary N) is 1. The molecule has 162 valence electrons. The standard InChI is InChI=1S/C23H27N5O3/c1-28-13-17(12-26-28)16-10-19(22(24)25-11-16)23(29)27-20-4-3-5-21(20)31-14-15-6-8-18(30-2)9-7-15/h6-13,20-21H,3-5,14H2,1-2H3,(H2,24,25)(H,27,29)/t20-,21-/m0/s1. The highest BCUT2D eigenvalue weighted by molar-refractivity contribution is 5.99. The first kappa shape index (κ1) is 20.9. The molecule has 8 heteroatoms. The van der Waals surface area contributed by atoms with E-state index >= 15 is 0 Å². The third-order valence-corrected chi connectivity index (χ3v) is 5.59. The summed E-state index contributed by atoms with van der Waals surface area (Å²) in [5.74, 6) is 0.786. The molecule has 2 aromatic heterocycles. The van der Waals surface area contributed by atoms with Crippen LogP contribution in [0.15, 0.2) is 48.9 Å². The van der Waals surface area contributed by atoms with Crippen molar-refractivity contribution < 1.29 is 14.3 Å². The molecule has 0 unspecified atom stereocenters. The lowest BCUT2D eigenvalue weighted by Gasteiger charge is -2.22. The van der Waals surface area contributed by atoms with Crippen molar-refractivity contribution in [3.63, 3.8) is 0 Å². The summed E-state index contributed by atoms with van der Waals surface area (Å²) in [5.41, 5.74) is 9.11. The smallest absolute Gasteiger partial charge is 0.255 e. The number of aromatic nitrogens is 3. The number of ether oxygens (including phenoxy) is 2. The molecule has 0 spiro atoms. The number of anilines is 1. The summed E-state index contributed by atoms with van der Waals surface area (Å²) < 4.78 is 13.0. The fourth-order valence-corrected chi connectivity index (χ4v) is 3.85. The number of carbonyl (C=O) groups excluding carboxylic acids is 1. The molecule has 3 N–H and O–H groups in total. The van der Waals surface area contributed by atoms with Crippen molar-refractivity contribution in [1.82, 2.24) is 20.1 Å². The lowest BCUT2D eigenvalue weighted by atomic mass is 10.1. The van der Waals surface area contributed by atoms with Gasteiger partial charge < -0.3 is 20.5 Å². The van der Waals surface area contributed by atoms with Crippen molar-refractivity contribution in [3.05, 3.63) is 60.0 Å². The Balaban J connectivity index is 1.41. The molecule has 1 aliphatic carbocycles. The third-order valence-electron chi connectivity index (χ3n) is 5.59. The number of hydrogen-bond acceptors (Lipinski definition) is 6. The number of nitrogen functional groups attached to an aromatic ring is 1. The van der Waals surface area contributed by atoms with Gasteiger partial charge >= 0.3 is 0 Å². The van der Waals surface area contributed by atoms with Crippen molar-refractivity contribution >= 4 is 11.7 Å². The number of aryl methyl sites for hydroxylation is 1. The molecule has 2 heterocycles. The number of rotatable bonds is 7. The molecule has 31 heavy (non-hydrogen) atoms. The molecule has 1 aliphatic rings. The number of pyridine rings is 1. The van der Waals surface area contributed by atoms with E-state index in [0.29, 0.717) is 12.2 Å². The average molecular weight is 422 g/mol. The monoisotopic (exact) mass is 421 g/mol. The van der Waals surface area contributed by atoms with Crippen molar-refractivity contribution in [2.45, 2.75) is 38.0 Å². The molecule has 1 fully saturated rings. The molecular weight excluding hydrogens is 394 g/mol. The molecule has 0 radical (unpaired) electrons. The van der Waals surface area contributed by atoms with Crippen molar-refractivity contribution in [2.75, 3.05) is 12.8 Å². The zero-order valence-electron chi connectivity index (χ0n) is 17.7. The second-order valence-corrected chi connectivity index (χ2v) is 7.77. The lowest BCUT2D eigenvalue weighted by Crippen LogP contribution is -2.41. The molecule has 8 nitrogen and oxygen atoms in total. The highest BCUT2D eigenvalue weighted by Gasteiger charge is 2.30. The minimum Gasteiger partial charge on any atom is -0.497 e. The van der Waals surface area contributed by atoms with E-state index < -0.39 is 0 Å². The second-order valence-electron chi connectivity index (χ2n) is 7.77. The van der Waals surface area contributed by atoms with Gasteiger partial charge in [0.2, 0.25) is 0 Å². The van der Waals surface area contributed by atoms with Gasteiger partial charge in [-0.1, -0.05) is 12.1 Å². The molecular formula is C23H27N5O3. The van der Waals surface area contributed by atoms with Crippen LogP contribution in [0.4, 0.5) is 5.82 Å². The summed E-state index contributed by atoms with van der Waals surface area (Å²) in [7, 11) is 3.49. The first-order valence-electron chi connectivity index (χ1n) is 10.3. The number of nitrogens with zero attached hydrogens (tertiary/aromatic N) is 3. The summed E-state index contributed by atoms with van der Waals surface area (Å²) in [6, 6.07) is 9.49. The quantitative estimate of drug-likeness (QED) is 0.608. The van der Waals surface area contributed by atoms with Crippen LogP contribution in [0.2, 0.25) is 0 Å². The number of hydrogen-bond donors (Lipinski definition) is 2. The van der Waals surface area contributed by atoms with E-state index in [9.17, 15) is 4.79 Å². The van der Waals surface area contributed by atoms with Crippen LogP contribution in [0.25, 0.3) is 11.1 Å². The van der Waals surface area contributed by atoms with Gasteiger partial charge in [0.1, 0.15) is 11.6 Å². The van der Waals surface area contributed by atoms with Crippen molar-refractivity contribution in [1.29, 1.82) is 0 Å². The Morgan fingerprint density at radius 3 is 2.74 bits per heavy atom. The SMILES string of the molecule is COc1ccc(CO[C@H]2CCC[C@@H]2NC(=O)c2cc(-c3cnn(C)c3)cnc2N)cc1. The Kier molecular flexibility index (Phi) is 6.18. The number of carbonyl (C=O) groups is 1. The van der Waals surface area contributed by atoms with Crippen LogP contribution >= 0.6 is 0 Å². The molecule has 0 bridgehead atoms. The van der Waals surface area contributed by atoms with Crippen LogP contribution < -0.4 is 15.8 Å². The van der Waals surface area contributed by atoms with Gasteiger partial charge in [-0.15, -0.1) is 0 Å². The highest BCUT2D eigenvalue weighted by Crippen LogP contribution is 2.26. The summed E-state index contributed by atoms with van der Waals surface area (Å²) in [6.45, 7) is 0.487. The van der Waals surface area contributed by atoms with Gasteiger partial charge in [-0.2, -0.15) is 5.10 Å². The summed E-state index contributed by atoms with van der Waals surface area (Å²) >= 11 is 0. The Hall–Kier alpha value is -3.39. The predicted molar refractivity (Wildman–Crippen MR) is 118 cm³/mol. The van der Waals surface area contributed by atoms with Crippen molar-refractivity contribution in [2.24, 2.45) is 7.05 Å². The first-order valence-corrected chi connectivity index (χ1v) is 10.3. The van der Waals surface area contributed by atoms with Gasteiger partial charge in [0.05, 0.1) is 37.6 Å². The summed E-state index contributed by atoms with van der Waals surface area (Å²) in [6.07, 6.45) is 7.99. The topological polar surface area (TPSA) is 104 Å². The largest absolute Gasteiger partial charge is 0.497 e. The number of nitrogens with one attached hydrogen (secondary N) is 1. The zero-order valence-corrected chi connectivity index (χ0v) is 17.7. The van der Waals surface area contributed by atoms with Gasteiger partial charge in [0.15, 0.2) is 0 Å². The van der Waals surface area contributed by atoms with Crippen molar-refractivity contribution in [3.8, 4) is 16.9 Å². The molecule has 3 aromatic rings. The molecule has 0 saturated heterocycles. The fourth-order valence-electron chi connectivity index (χ4n) is 3.85. The minimum atomic E-state index is -0.235. The van der Waals surface area contributed by atoms with E-state index in [2.05, 4.69) is 15.4 Å². The maximum absolute atomic E-state index is 13.0. The third kappa shape index (κ3) is 4.86. The Bertz CT molecular complexity index is 1050. The first-order chi connectivity index (χ1) is 15.0. The Morgan fingerprint density at radius 2 is 2.03 bits per heavy atom. The zero-order chi connectivity index (χ0) is 21.8. The van der Waals surface area contributed by atoms with Crippen LogP contribution in [-0.4, -0.2) is 39.9 Å². The maximum atomic E-state index is 13.0. The molecule has 1 amide bonds. The number of benzene rings is 1. The van der Waals surface area contributed by atoms with E-state index in [0.717, 1.165) is 41.7 Å². The normalized spacial score (nSPS) is 18.1. The van der Waals surface area contributed by atoms with E-state index in [1.165, 1.54) is 0 Å². The summed E-state index contributed by atoms with van der Waals surface area (Å²) in [5, 5.41) is 7.27. The minimum absolute atomic E-state index is 0.0401. The van der Waals surface area contributed by atoms with Crippen LogP contribution in [0, 0.1) is 0 Å². The Morgan fingerprint density at radius 1 is 1.23 bits per heavy atom. The molecule has 2 atom stereocenters. The fraction of sp³-hybridized carbons (Fsp3) is 0.348. The van der Waals surface area contributed by atoms with Crippen LogP contribution in [-0.2, 0) is 18.4 Å². The molecule has 1 saturated carbocycles. The van der Waals surface area contributed by atoms with E-state index in [4.69, 9.17) is 15.2 Å². The molecule has 4 rings (SSSR count). The van der Waals surface area contributed by atoms with Crippen LogP contribution in [0.5, 0.6) is 5.75 Å². The highest BCUT2D eigenvalue weighted by atomic mass is 16.5.